The van der Waals surface area contributed by atoms with Gasteiger partial charge < -0.3 is 9.64 Å². The van der Waals surface area contributed by atoms with Crippen molar-refractivity contribution in [1.29, 1.82) is 0 Å². The normalized spacial score (nSPS) is 23.1. The van der Waals surface area contributed by atoms with Crippen LogP contribution in [0, 0.1) is 5.82 Å². The molecule has 8 heteroatoms. The van der Waals surface area contributed by atoms with Crippen molar-refractivity contribution in [2.45, 2.75) is 25.6 Å². The van der Waals surface area contributed by atoms with Crippen molar-refractivity contribution in [3.8, 4) is 5.75 Å². The van der Waals surface area contributed by atoms with Gasteiger partial charge in [0.25, 0.3) is 0 Å². The van der Waals surface area contributed by atoms with Crippen LogP contribution in [0.3, 0.4) is 0 Å². The Kier molecular flexibility index (Phi) is 4.74. The number of urea groups is 1. The van der Waals surface area contributed by atoms with Crippen LogP contribution in [0.15, 0.2) is 48.5 Å². The first-order valence-electron chi connectivity index (χ1n) is 9.16. The highest BCUT2D eigenvalue weighted by molar-refractivity contribution is 7.91. The standard InChI is InChI=1S/C20H21FN2O4S/c1-2-27-16-9-7-15(8-10-16)23-19-13-28(25,26)12-18(19)22(20(23)24)11-14-5-3-4-6-17(14)21/h3-10,18-19H,2,11-13H2,1H3/t18-,19+/m0/s1. The Bertz CT molecular complexity index is 994. The maximum atomic E-state index is 14.1. The largest absolute Gasteiger partial charge is 0.494 e. The minimum Gasteiger partial charge on any atom is -0.494 e. The van der Waals surface area contributed by atoms with Crippen LogP contribution in [0.5, 0.6) is 5.75 Å². The summed E-state index contributed by atoms with van der Waals surface area (Å²) in [5.41, 5.74) is 0.976. The maximum absolute atomic E-state index is 14.1. The summed E-state index contributed by atoms with van der Waals surface area (Å²) in [4.78, 5) is 16.2. The molecule has 2 aliphatic heterocycles. The van der Waals surface area contributed by atoms with Crippen LogP contribution >= 0.6 is 0 Å². The number of fused-ring (bicyclic) bond motifs is 1. The molecule has 2 saturated heterocycles. The molecule has 0 N–H and O–H groups in total. The Hall–Kier alpha value is -2.61. The van der Waals surface area contributed by atoms with Gasteiger partial charge in [0, 0.05) is 11.3 Å². The second-order valence-corrected chi connectivity index (χ2v) is 9.16. The van der Waals surface area contributed by atoms with E-state index in [1.807, 2.05) is 6.92 Å². The molecule has 2 amide bonds. The van der Waals surface area contributed by atoms with Gasteiger partial charge in [0.05, 0.1) is 36.7 Å². The smallest absolute Gasteiger partial charge is 0.325 e. The second-order valence-electron chi connectivity index (χ2n) is 7.01. The van der Waals surface area contributed by atoms with E-state index in [1.54, 1.807) is 42.5 Å². The number of ether oxygens (including phenoxy) is 1. The summed E-state index contributed by atoms with van der Waals surface area (Å²) >= 11 is 0. The quantitative estimate of drug-likeness (QED) is 0.719. The van der Waals surface area contributed by atoms with E-state index in [9.17, 15) is 17.6 Å². The van der Waals surface area contributed by atoms with Crippen molar-refractivity contribution in [3.63, 3.8) is 0 Å². The fourth-order valence-corrected chi connectivity index (χ4v) is 5.89. The SMILES string of the molecule is CCOc1ccc(N2C(=O)N(Cc3ccccc3F)[C@H]3CS(=O)(=O)C[C@H]32)cc1. The van der Waals surface area contributed by atoms with Gasteiger partial charge >= 0.3 is 6.03 Å². The summed E-state index contributed by atoms with van der Waals surface area (Å²) < 4.78 is 44.1. The van der Waals surface area contributed by atoms with E-state index in [2.05, 4.69) is 0 Å². The molecule has 0 unspecified atom stereocenters. The molecule has 2 aromatic carbocycles. The summed E-state index contributed by atoms with van der Waals surface area (Å²) in [5.74, 6) is 0.0689. The third-order valence-corrected chi connectivity index (χ3v) is 6.90. The van der Waals surface area contributed by atoms with E-state index in [0.29, 0.717) is 23.6 Å². The van der Waals surface area contributed by atoms with Gasteiger partial charge in [0.2, 0.25) is 0 Å². The Morgan fingerprint density at radius 2 is 1.75 bits per heavy atom. The minimum atomic E-state index is -3.28. The minimum absolute atomic E-state index is 0.0374. The average molecular weight is 404 g/mol. The Balaban J connectivity index is 1.67. The van der Waals surface area contributed by atoms with Crippen LogP contribution in [-0.2, 0) is 16.4 Å². The van der Waals surface area contributed by atoms with E-state index in [0.717, 1.165) is 0 Å². The fraction of sp³-hybridized carbons (Fsp3) is 0.350. The highest BCUT2D eigenvalue weighted by Crippen LogP contribution is 2.36. The maximum Gasteiger partial charge on any atom is 0.325 e. The fourth-order valence-electron chi connectivity index (χ4n) is 3.94. The van der Waals surface area contributed by atoms with Gasteiger partial charge in [-0.25, -0.2) is 17.6 Å². The molecule has 148 valence electrons. The topological polar surface area (TPSA) is 66.9 Å². The number of sulfone groups is 1. The van der Waals surface area contributed by atoms with Gasteiger partial charge in [-0.05, 0) is 37.3 Å². The zero-order chi connectivity index (χ0) is 19.9. The molecule has 0 radical (unpaired) electrons. The average Bonchev–Trinajstić information content (AvgIpc) is 3.08. The van der Waals surface area contributed by atoms with E-state index < -0.39 is 27.7 Å². The predicted octanol–water partition coefficient (Wildman–Crippen LogP) is 2.83. The van der Waals surface area contributed by atoms with Crippen molar-refractivity contribution >= 4 is 21.6 Å². The number of anilines is 1. The second kappa shape index (κ2) is 7.09. The summed E-state index contributed by atoms with van der Waals surface area (Å²) in [6.45, 7) is 2.45. The molecular formula is C20H21FN2O4S. The number of carbonyl (C=O) groups is 1. The van der Waals surface area contributed by atoms with Crippen molar-refractivity contribution in [2.75, 3.05) is 23.0 Å². The highest BCUT2D eigenvalue weighted by Gasteiger charge is 2.53. The van der Waals surface area contributed by atoms with Gasteiger partial charge in [-0.15, -0.1) is 0 Å². The van der Waals surface area contributed by atoms with Crippen molar-refractivity contribution < 1.29 is 22.3 Å². The van der Waals surface area contributed by atoms with Gasteiger partial charge in [-0.1, -0.05) is 18.2 Å². The molecule has 0 aromatic heterocycles. The molecule has 0 bridgehead atoms. The first kappa shape index (κ1) is 18.7. The molecule has 28 heavy (non-hydrogen) atoms. The molecule has 2 atom stereocenters. The van der Waals surface area contributed by atoms with Crippen LogP contribution in [0.4, 0.5) is 14.9 Å². The van der Waals surface area contributed by atoms with Crippen LogP contribution in [0.1, 0.15) is 12.5 Å². The van der Waals surface area contributed by atoms with Gasteiger partial charge in [0.15, 0.2) is 9.84 Å². The van der Waals surface area contributed by atoms with Crippen LogP contribution < -0.4 is 9.64 Å². The van der Waals surface area contributed by atoms with E-state index in [-0.39, 0.29) is 24.1 Å². The highest BCUT2D eigenvalue weighted by atomic mass is 32.2. The number of benzene rings is 2. The molecule has 2 aromatic rings. The van der Waals surface area contributed by atoms with Crippen LogP contribution in [0.25, 0.3) is 0 Å². The molecule has 6 nitrogen and oxygen atoms in total. The Morgan fingerprint density at radius 1 is 1.07 bits per heavy atom. The molecule has 0 spiro atoms. The van der Waals surface area contributed by atoms with Gasteiger partial charge in [-0.3, -0.25) is 4.90 Å². The third-order valence-electron chi connectivity index (χ3n) is 5.20. The number of hydrogen-bond donors (Lipinski definition) is 0. The Labute approximate surface area is 163 Å². The number of halogens is 1. The molecule has 4 rings (SSSR count). The molecule has 0 saturated carbocycles. The number of amides is 2. The molecule has 2 fully saturated rings. The lowest BCUT2D eigenvalue weighted by molar-refractivity contribution is 0.205. The molecule has 2 aliphatic rings. The van der Waals surface area contributed by atoms with E-state index in [4.69, 9.17) is 4.74 Å². The number of nitrogens with zero attached hydrogens (tertiary/aromatic N) is 2. The number of rotatable bonds is 5. The molecule has 2 heterocycles. The summed E-state index contributed by atoms with van der Waals surface area (Å²) in [6, 6.07) is 11.9. The third kappa shape index (κ3) is 3.32. The number of hydrogen-bond acceptors (Lipinski definition) is 4. The first-order chi connectivity index (χ1) is 13.4. The lowest BCUT2D eigenvalue weighted by Gasteiger charge is -2.23. The lowest BCUT2D eigenvalue weighted by Crippen LogP contribution is -2.37. The van der Waals surface area contributed by atoms with E-state index >= 15 is 0 Å². The van der Waals surface area contributed by atoms with Crippen molar-refractivity contribution in [2.24, 2.45) is 0 Å². The van der Waals surface area contributed by atoms with Gasteiger partial charge in [-0.2, -0.15) is 0 Å². The van der Waals surface area contributed by atoms with E-state index in [1.165, 1.54) is 15.9 Å². The molecule has 0 aliphatic carbocycles. The lowest BCUT2D eigenvalue weighted by atomic mass is 10.1. The first-order valence-corrected chi connectivity index (χ1v) is 11.0. The zero-order valence-corrected chi connectivity index (χ0v) is 16.2. The van der Waals surface area contributed by atoms with Gasteiger partial charge in [0.1, 0.15) is 11.6 Å². The Morgan fingerprint density at radius 3 is 2.43 bits per heavy atom. The number of carbonyl (C=O) groups excluding carboxylic acids is 1. The van der Waals surface area contributed by atoms with Crippen molar-refractivity contribution in [1.82, 2.24) is 4.90 Å². The summed E-state index contributed by atoms with van der Waals surface area (Å²) in [5, 5.41) is 0. The predicted molar refractivity (Wildman–Crippen MR) is 104 cm³/mol. The van der Waals surface area contributed by atoms with Crippen molar-refractivity contribution in [3.05, 3.63) is 59.9 Å². The monoisotopic (exact) mass is 404 g/mol. The summed E-state index contributed by atoms with van der Waals surface area (Å²) in [6.07, 6.45) is 0. The zero-order valence-electron chi connectivity index (χ0n) is 15.4. The molecular weight excluding hydrogens is 383 g/mol. The van der Waals surface area contributed by atoms with Crippen LogP contribution in [0.2, 0.25) is 0 Å². The summed E-state index contributed by atoms with van der Waals surface area (Å²) in [7, 11) is -3.28. The van der Waals surface area contributed by atoms with Crippen LogP contribution in [-0.4, -0.2) is 49.5 Å².